The third-order valence-electron chi connectivity index (χ3n) is 4.06. The summed E-state index contributed by atoms with van der Waals surface area (Å²) in [7, 11) is 1.76. The first-order chi connectivity index (χ1) is 11.3. The summed E-state index contributed by atoms with van der Waals surface area (Å²) in [6, 6.07) is 5.26. The van der Waals surface area contributed by atoms with E-state index in [-0.39, 0.29) is 19.1 Å². The molecule has 1 aliphatic heterocycles. The van der Waals surface area contributed by atoms with E-state index in [4.69, 9.17) is 5.11 Å². The van der Waals surface area contributed by atoms with Crippen molar-refractivity contribution in [3.05, 3.63) is 29.8 Å². The molecule has 0 radical (unpaired) electrons. The molecule has 5 nitrogen and oxygen atoms in total. The third-order valence-corrected chi connectivity index (χ3v) is 4.06. The normalized spacial score (nSPS) is 15.9. The number of anilines is 1. The van der Waals surface area contributed by atoms with Gasteiger partial charge in [-0.15, -0.1) is 0 Å². The zero-order valence-corrected chi connectivity index (χ0v) is 13.6. The standard InChI is InChI=1S/C16H22F3N3O2/c1-20(9-10-23)12-15(24)22-7-5-21(6-8-22)14-4-2-3-13(11-14)16(17,18)19/h2-4,11,23H,5-10,12H2,1H3. The lowest BCUT2D eigenvalue weighted by molar-refractivity contribution is -0.137. The summed E-state index contributed by atoms with van der Waals surface area (Å²) in [6.45, 7) is 2.59. The molecule has 0 atom stereocenters. The topological polar surface area (TPSA) is 47.0 Å². The average Bonchev–Trinajstić information content (AvgIpc) is 2.54. The van der Waals surface area contributed by atoms with Gasteiger partial charge in [0.25, 0.3) is 0 Å². The van der Waals surface area contributed by atoms with Gasteiger partial charge in [-0.3, -0.25) is 9.69 Å². The Morgan fingerprint density at radius 1 is 1.25 bits per heavy atom. The molecule has 0 aliphatic carbocycles. The number of rotatable bonds is 5. The van der Waals surface area contributed by atoms with Crippen LogP contribution in [0.25, 0.3) is 0 Å². The Balaban J connectivity index is 1.92. The Labute approximate surface area is 139 Å². The van der Waals surface area contributed by atoms with E-state index in [1.807, 2.05) is 4.90 Å². The van der Waals surface area contributed by atoms with Crippen LogP contribution in [0.2, 0.25) is 0 Å². The van der Waals surface area contributed by atoms with Crippen molar-refractivity contribution in [3.8, 4) is 0 Å². The molecular weight excluding hydrogens is 323 g/mol. The number of carbonyl (C=O) groups is 1. The number of hydrogen-bond acceptors (Lipinski definition) is 4. The van der Waals surface area contributed by atoms with Gasteiger partial charge in [0.1, 0.15) is 0 Å². The monoisotopic (exact) mass is 345 g/mol. The van der Waals surface area contributed by atoms with Gasteiger partial charge in [-0.2, -0.15) is 13.2 Å². The van der Waals surface area contributed by atoms with E-state index in [0.717, 1.165) is 12.1 Å². The van der Waals surface area contributed by atoms with E-state index >= 15 is 0 Å². The van der Waals surface area contributed by atoms with Crippen LogP contribution in [0.15, 0.2) is 24.3 Å². The molecule has 1 amide bonds. The van der Waals surface area contributed by atoms with Gasteiger partial charge in [-0.05, 0) is 25.2 Å². The number of likely N-dealkylation sites (N-methyl/N-ethyl adjacent to an activating group) is 1. The molecule has 0 aromatic heterocycles. The molecule has 0 bridgehead atoms. The number of halogens is 3. The minimum atomic E-state index is -4.36. The molecule has 8 heteroatoms. The van der Waals surface area contributed by atoms with E-state index in [9.17, 15) is 18.0 Å². The van der Waals surface area contributed by atoms with Crippen LogP contribution in [0.3, 0.4) is 0 Å². The van der Waals surface area contributed by atoms with Gasteiger partial charge in [0, 0.05) is 38.4 Å². The maximum absolute atomic E-state index is 12.8. The van der Waals surface area contributed by atoms with Crippen molar-refractivity contribution in [3.63, 3.8) is 0 Å². The van der Waals surface area contributed by atoms with Gasteiger partial charge in [-0.25, -0.2) is 0 Å². The van der Waals surface area contributed by atoms with E-state index < -0.39 is 11.7 Å². The Morgan fingerprint density at radius 3 is 2.50 bits per heavy atom. The lowest BCUT2D eigenvalue weighted by atomic mass is 10.1. The quantitative estimate of drug-likeness (QED) is 0.873. The van der Waals surface area contributed by atoms with Crippen molar-refractivity contribution < 1.29 is 23.1 Å². The van der Waals surface area contributed by atoms with Gasteiger partial charge >= 0.3 is 6.18 Å². The van der Waals surface area contributed by atoms with Crippen LogP contribution in [0.5, 0.6) is 0 Å². The summed E-state index contributed by atoms with van der Waals surface area (Å²) in [5.41, 5.74) is -0.140. The first-order valence-electron chi connectivity index (χ1n) is 7.80. The summed E-state index contributed by atoms with van der Waals surface area (Å²) in [5.74, 6) is -0.0327. The molecule has 1 heterocycles. The van der Waals surface area contributed by atoms with Crippen LogP contribution in [0.4, 0.5) is 18.9 Å². The van der Waals surface area contributed by atoms with Gasteiger partial charge in [0.15, 0.2) is 0 Å². The lowest BCUT2D eigenvalue weighted by Gasteiger charge is -2.37. The van der Waals surface area contributed by atoms with Crippen molar-refractivity contribution in [2.75, 3.05) is 57.8 Å². The average molecular weight is 345 g/mol. The smallest absolute Gasteiger partial charge is 0.395 e. The number of aliphatic hydroxyl groups is 1. The second-order valence-electron chi connectivity index (χ2n) is 5.88. The van der Waals surface area contributed by atoms with E-state index in [1.54, 1.807) is 22.9 Å². The van der Waals surface area contributed by atoms with Crippen LogP contribution in [0, 0.1) is 0 Å². The minimum absolute atomic E-state index is 0.00684. The maximum Gasteiger partial charge on any atom is 0.416 e. The van der Waals surface area contributed by atoms with Crippen LogP contribution in [-0.4, -0.2) is 73.7 Å². The summed E-state index contributed by atoms with van der Waals surface area (Å²) >= 11 is 0. The number of carbonyl (C=O) groups excluding carboxylic acids is 1. The highest BCUT2D eigenvalue weighted by molar-refractivity contribution is 5.78. The van der Waals surface area contributed by atoms with Gasteiger partial charge in [-0.1, -0.05) is 6.07 Å². The second-order valence-corrected chi connectivity index (χ2v) is 5.88. The molecule has 134 valence electrons. The summed E-state index contributed by atoms with van der Waals surface area (Å²) < 4.78 is 38.4. The van der Waals surface area contributed by atoms with Crippen molar-refractivity contribution in [2.24, 2.45) is 0 Å². The Kier molecular flexibility index (Phi) is 6.06. The number of benzene rings is 1. The van der Waals surface area contributed by atoms with E-state index in [0.29, 0.717) is 38.4 Å². The number of amides is 1. The summed E-state index contributed by atoms with van der Waals surface area (Å²) in [6.07, 6.45) is -4.36. The Hall–Kier alpha value is -1.80. The number of hydrogen-bond donors (Lipinski definition) is 1. The number of piperazine rings is 1. The molecule has 0 spiro atoms. The fourth-order valence-electron chi connectivity index (χ4n) is 2.67. The largest absolute Gasteiger partial charge is 0.416 e. The molecule has 1 N–H and O–H groups in total. The van der Waals surface area contributed by atoms with Crippen molar-refractivity contribution in [1.29, 1.82) is 0 Å². The number of alkyl halides is 3. The van der Waals surface area contributed by atoms with Crippen molar-refractivity contribution in [1.82, 2.24) is 9.80 Å². The Morgan fingerprint density at radius 2 is 1.92 bits per heavy atom. The molecule has 2 rings (SSSR count). The molecular formula is C16H22F3N3O2. The zero-order valence-electron chi connectivity index (χ0n) is 13.6. The van der Waals surface area contributed by atoms with E-state index in [2.05, 4.69) is 0 Å². The zero-order chi connectivity index (χ0) is 17.7. The molecule has 1 saturated heterocycles. The first kappa shape index (κ1) is 18.5. The van der Waals surface area contributed by atoms with Gasteiger partial charge in [0.05, 0.1) is 18.7 Å². The molecule has 1 fully saturated rings. The number of nitrogens with zero attached hydrogens (tertiary/aromatic N) is 3. The summed E-state index contributed by atoms with van der Waals surface area (Å²) in [5, 5.41) is 8.85. The first-order valence-corrected chi connectivity index (χ1v) is 7.80. The molecule has 24 heavy (non-hydrogen) atoms. The van der Waals surface area contributed by atoms with Crippen molar-refractivity contribution in [2.45, 2.75) is 6.18 Å². The molecule has 1 aromatic carbocycles. The maximum atomic E-state index is 12.8. The predicted molar refractivity (Wildman–Crippen MR) is 84.8 cm³/mol. The molecule has 0 unspecified atom stereocenters. The van der Waals surface area contributed by atoms with Crippen molar-refractivity contribution >= 4 is 11.6 Å². The number of aliphatic hydroxyl groups excluding tert-OH is 1. The predicted octanol–water partition coefficient (Wildman–Crippen LogP) is 1.28. The molecule has 1 aromatic rings. The molecule has 0 saturated carbocycles. The van der Waals surface area contributed by atoms with E-state index in [1.165, 1.54) is 6.07 Å². The fraction of sp³-hybridized carbons (Fsp3) is 0.562. The van der Waals surface area contributed by atoms with Gasteiger partial charge in [0.2, 0.25) is 5.91 Å². The highest BCUT2D eigenvalue weighted by atomic mass is 19.4. The highest BCUT2D eigenvalue weighted by Crippen LogP contribution is 2.31. The Bertz CT molecular complexity index is 558. The minimum Gasteiger partial charge on any atom is -0.395 e. The molecule has 1 aliphatic rings. The third kappa shape index (κ3) is 4.85. The second kappa shape index (κ2) is 7.85. The SMILES string of the molecule is CN(CCO)CC(=O)N1CCN(c2cccc(C(F)(F)F)c2)CC1. The van der Waals surface area contributed by atoms with Crippen LogP contribution < -0.4 is 4.90 Å². The van der Waals surface area contributed by atoms with Crippen LogP contribution in [-0.2, 0) is 11.0 Å². The highest BCUT2D eigenvalue weighted by Gasteiger charge is 2.31. The fourth-order valence-corrected chi connectivity index (χ4v) is 2.67. The van der Waals surface area contributed by atoms with Crippen LogP contribution >= 0.6 is 0 Å². The summed E-state index contributed by atoms with van der Waals surface area (Å²) in [4.78, 5) is 17.4. The van der Waals surface area contributed by atoms with Gasteiger partial charge < -0.3 is 14.9 Å². The lowest BCUT2D eigenvalue weighted by Crippen LogP contribution is -2.51. The van der Waals surface area contributed by atoms with Crippen LogP contribution in [0.1, 0.15) is 5.56 Å².